The van der Waals surface area contributed by atoms with Crippen LogP contribution in [0.2, 0.25) is 0 Å². The van der Waals surface area contributed by atoms with Crippen LogP contribution in [-0.2, 0) is 6.42 Å². The van der Waals surface area contributed by atoms with Crippen LogP contribution in [0.1, 0.15) is 29.8 Å². The van der Waals surface area contributed by atoms with Crippen LogP contribution >= 0.6 is 0 Å². The van der Waals surface area contributed by atoms with E-state index in [0.717, 1.165) is 61.4 Å². The molecule has 0 saturated carbocycles. The topological polar surface area (TPSA) is 50.2 Å². The fourth-order valence-corrected chi connectivity index (χ4v) is 3.91. The standard InChI is InChI=1S/C23H24FN3O/c1-16-4-2-5-20-22(16)25-21(26-23(20)28)6-3-13-27-14-11-18(12-15-27)17-7-9-19(24)10-8-17/h2,4-5,7-11H,3,6,12-15H2,1H3,(H,25,26,28)/p+1. The number of aryl methyl sites for hydroxylation is 2. The summed E-state index contributed by atoms with van der Waals surface area (Å²) in [6.45, 7) is 5.08. The van der Waals surface area contributed by atoms with Gasteiger partial charge in [0.15, 0.2) is 0 Å². The van der Waals surface area contributed by atoms with Crippen molar-refractivity contribution in [3.05, 3.63) is 81.7 Å². The molecule has 1 unspecified atom stereocenters. The fraction of sp³-hybridized carbons (Fsp3) is 0.304. The number of hydrogen-bond acceptors (Lipinski definition) is 2. The van der Waals surface area contributed by atoms with Gasteiger partial charge in [0.25, 0.3) is 5.56 Å². The van der Waals surface area contributed by atoms with Crippen molar-refractivity contribution in [1.29, 1.82) is 0 Å². The zero-order valence-electron chi connectivity index (χ0n) is 16.1. The van der Waals surface area contributed by atoms with Gasteiger partial charge in [0.05, 0.1) is 30.5 Å². The van der Waals surface area contributed by atoms with Gasteiger partial charge in [-0.05, 0) is 47.9 Å². The Kier molecular flexibility index (Phi) is 5.35. The van der Waals surface area contributed by atoms with Crippen LogP contribution in [0.3, 0.4) is 0 Å². The smallest absolute Gasteiger partial charge is 0.258 e. The summed E-state index contributed by atoms with van der Waals surface area (Å²) in [6.07, 6.45) is 5.03. The fourth-order valence-electron chi connectivity index (χ4n) is 3.91. The first-order valence-corrected chi connectivity index (χ1v) is 9.87. The van der Waals surface area contributed by atoms with E-state index in [4.69, 9.17) is 0 Å². The van der Waals surface area contributed by atoms with E-state index in [0.29, 0.717) is 5.39 Å². The lowest BCUT2D eigenvalue weighted by atomic mass is 9.99. The maximum absolute atomic E-state index is 13.1. The van der Waals surface area contributed by atoms with E-state index in [1.165, 1.54) is 22.6 Å². The molecule has 3 aromatic rings. The molecular weight excluding hydrogens is 353 g/mol. The molecule has 2 aromatic carbocycles. The quantitative estimate of drug-likeness (QED) is 0.717. The number of rotatable bonds is 5. The average molecular weight is 378 g/mol. The predicted octanol–water partition coefficient (Wildman–Crippen LogP) is 2.68. The molecule has 1 aromatic heterocycles. The number of para-hydroxylation sites is 1. The minimum Gasteiger partial charge on any atom is -0.331 e. The summed E-state index contributed by atoms with van der Waals surface area (Å²) in [4.78, 5) is 21.4. The third-order valence-electron chi connectivity index (χ3n) is 5.53. The molecule has 144 valence electrons. The molecule has 0 spiro atoms. The molecule has 1 aliphatic heterocycles. The molecule has 0 radical (unpaired) electrons. The molecule has 0 amide bonds. The predicted molar refractivity (Wildman–Crippen MR) is 110 cm³/mol. The van der Waals surface area contributed by atoms with Crippen LogP contribution in [0.25, 0.3) is 16.5 Å². The molecule has 5 heteroatoms. The van der Waals surface area contributed by atoms with Gasteiger partial charge in [-0.3, -0.25) is 4.79 Å². The van der Waals surface area contributed by atoms with Gasteiger partial charge < -0.3 is 9.88 Å². The third kappa shape index (κ3) is 4.04. The molecule has 1 atom stereocenters. The first-order chi connectivity index (χ1) is 13.6. The van der Waals surface area contributed by atoms with Crippen LogP contribution in [0.5, 0.6) is 0 Å². The zero-order chi connectivity index (χ0) is 19.5. The number of nitrogens with zero attached hydrogens (tertiary/aromatic N) is 1. The van der Waals surface area contributed by atoms with Crippen molar-refractivity contribution in [2.24, 2.45) is 0 Å². The highest BCUT2D eigenvalue weighted by Gasteiger charge is 2.16. The highest BCUT2D eigenvalue weighted by Crippen LogP contribution is 2.18. The normalized spacial score (nSPS) is 16.9. The monoisotopic (exact) mass is 378 g/mol. The largest absolute Gasteiger partial charge is 0.331 e. The Morgan fingerprint density at radius 3 is 2.75 bits per heavy atom. The van der Waals surface area contributed by atoms with Gasteiger partial charge in [-0.1, -0.05) is 24.3 Å². The summed E-state index contributed by atoms with van der Waals surface area (Å²) in [5, 5.41) is 0.656. The van der Waals surface area contributed by atoms with E-state index in [-0.39, 0.29) is 11.4 Å². The van der Waals surface area contributed by atoms with Gasteiger partial charge in [-0.25, -0.2) is 9.37 Å². The Balaban J connectivity index is 1.35. The minimum atomic E-state index is -0.192. The number of aromatic amines is 1. The van der Waals surface area contributed by atoms with Crippen LogP contribution in [0.15, 0.2) is 53.3 Å². The molecule has 2 heterocycles. The van der Waals surface area contributed by atoms with Crippen molar-refractivity contribution in [2.45, 2.75) is 26.2 Å². The van der Waals surface area contributed by atoms with E-state index < -0.39 is 0 Å². The molecule has 4 nitrogen and oxygen atoms in total. The first-order valence-electron chi connectivity index (χ1n) is 9.87. The van der Waals surface area contributed by atoms with E-state index >= 15 is 0 Å². The molecule has 1 aliphatic rings. The van der Waals surface area contributed by atoms with Gasteiger partial charge in [-0.15, -0.1) is 0 Å². The summed E-state index contributed by atoms with van der Waals surface area (Å²) >= 11 is 0. The summed E-state index contributed by atoms with van der Waals surface area (Å²) < 4.78 is 13.1. The second-order valence-electron chi connectivity index (χ2n) is 7.53. The van der Waals surface area contributed by atoms with E-state index in [9.17, 15) is 9.18 Å². The van der Waals surface area contributed by atoms with Crippen molar-refractivity contribution in [3.63, 3.8) is 0 Å². The van der Waals surface area contributed by atoms with Gasteiger partial charge in [0.1, 0.15) is 11.6 Å². The number of fused-ring (bicyclic) bond motifs is 1. The van der Waals surface area contributed by atoms with Gasteiger partial charge in [0.2, 0.25) is 0 Å². The summed E-state index contributed by atoms with van der Waals surface area (Å²) in [7, 11) is 0. The highest BCUT2D eigenvalue weighted by molar-refractivity contribution is 5.80. The second-order valence-corrected chi connectivity index (χ2v) is 7.53. The van der Waals surface area contributed by atoms with Crippen LogP contribution < -0.4 is 10.5 Å². The Morgan fingerprint density at radius 2 is 2.00 bits per heavy atom. The molecule has 0 bridgehead atoms. The van der Waals surface area contributed by atoms with Crippen molar-refractivity contribution >= 4 is 16.5 Å². The highest BCUT2D eigenvalue weighted by atomic mass is 19.1. The minimum absolute atomic E-state index is 0.0547. The van der Waals surface area contributed by atoms with E-state index in [2.05, 4.69) is 16.0 Å². The zero-order valence-corrected chi connectivity index (χ0v) is 16.1. The first kappa shape index (κ1) is 18.6. The van der Waals surface area contributed by atoms with Crippen molar-refractivity contribution in [2.75, 3.05) is 19.6 Å². The van der Waals surface area contributed by atoms with Gasteiger partial charge in [-0.2, -0.15) is 0 Å². The van der Waals surface area contributed by atoms with Gasteiger partial charge in [0, 0.05) is 19.3 Å². The number of benzene rings is 2. The van der Waals surface area contributed by atoms with Crippen molar-refractivity contribution < 1.29 is 9.29 Å². The van der Waals surface area contributed by atoms with Gasteiger partial charge >= 0.3 is 0 Å². The summed E-state index contributed by atoms with van der Waals surface area (Å²) in [5.74, 6) is 0.577. The Hall–Kier alpha value is -2.79. The molecular formula is C23H25FN3O+. The summed E-state index contributed by atoms with van der Waals surface area (Å²) in [6, 6.07) is 12.5. The summed E-state index contributed by atoms with van der Waals surface area (Å²) in [5.41, 5.74) is 4.21. The second kappa shape index (κ2) is 8.07. The van der Waals surface area contributed by atoms with Crippen molar-refractivity contribution in [1.82, 2.24) is 9.97 Å². The number of H-pyrrole nitrogens is 1. The van der Waals surface area contributed by atoms with Crippen molar-refractivity contribution in [3.8, 4) is 0 Å². The van der Waals surface area contributed by atoms with Crippen LogP contribution in [0.4, 0.5) is 4.39 Å². The SMILES string of the molecule is Cc1cccc2c(=O)[nH]c(CCC[NH+]3CC=C(c4ccc(F)cc4)CC3)nc12. The number of nitrogens with one attached hydrogen (secondary N) is 2. The molecule has 4 rings (SSSR count). The number of halogens is 1. The Bertz CT molecular complexity index is 1070. The Morgan fingerprint density at radius 1 is 1.18 bits per heavy atom. The number of aromatic nitrogens is 2. The Labute approximate surface area is 163 Å². The molecule has 2 N–H and O–H groups in total. The van der Waals surface area contributed by atoms with Crippen LogP contribution in [-0.4, -0.2) is 29.6 Å². The number of hydrogen-bond donors (Lipinski definition) is 2. The molecule has 0 aliphatic carbocycles. The maximum Gasteiger partial charge on any atom is 0.258 e. The van der Waals surface area contributed by atoms with Crippen LogP contribution in [0, 0.1) is 12.7 Å². The molecule has 0 fully saturated rings. The number of quaternary nitrogens is 1. The lowest BCUT2D eigenvalue weighted by molar-refractivity contribution is -0.895. The maximum atomic E-state index is 13.1. The molecule has 0 saturated heterocycles. The van der Waals surface area contributed by atoms with E-state index in [1.807, 2.05) is 37.3 Å². The lowest BCUT2D eigenvalue weighted by Gasteiger charge is -2.23. The average Bonchev–Trinajstić information content (AvgIpc) is 2.70. The lowest BCUT2D eigenvalue weighted by Crippen LogP contribution is -3.12. The molecule has 28 heavy (non-hydrogen) atoms. The third-order valence-corrected chi connectivity index (χ3v) is 5.53. The van der Waals surface area contributed by atoms with E-state index in [1.54, 1.807) is 0 Å².